The molecule has 0 radical (unpaired) electrons. The Hall–Kier alpha value is -0.730. The van der Waals surface area contributed by atoms with Gasteiger partial charge in [0.25, 0.3) is 0 Å². The molecule has 1 amide bonds. The summed E-state index contributed by atoms with van der Waals surface area (Å²) in [5.41, 5.74) is 5.36. The van der Waals surface area contributed by atoms with Gasteiger partial charge in [-0.25, -0.2) is 0 Å². The van der Waals surface area contributed by atoms with Crippen molar-refractivity contribution in [1.82, 2.24) is 4.90 Å². The molecule has 1 atom stereocenters. The number of nitrogens with zero attached hydrogens (tertiary/aromatic N) is 2. The number of piperidine rings is 1. The molecule has 1 aliphatic rings. The minimum atomic E-state index is -0.258. The fourth-order valence-corrected chi connectivity index (χ4v) is 2.88. The molecule has 0 saturated carbocycles. The van der Waals surface area contributed by atoms with Crippen LogP contribution in [0.15, 0.2) is 0 Å². The SMILES string of the molecule is CCC(C(N)=O)N1CCC(C#N)(SC)CC1. The summed E-state index contributed by atoms with van der Waals surface area (Å²) < 4.78 is -0.258. The molecule has 1 heterocycles. The van der Waals surface area contributed by atoms with Crippen LogP contribution in [0.25, 0.3) is 0 Å². The molecule has 4 nitrogen and oxygen atoms in total. The Kier molecular flexibility index (Phi) is 4.63. The van der Waals surface area contributed by atoms with Crippen molar-refractivity contribution >= 4 is 17.7 Å². The average Bonchev–Trinajstić information content (AvgIpc) is 2.31. The van der Waals surface area contributed by atoms with E-state index in [1.54, 1.807) is 11.8 Å². The summed E-state index contributed by atoms with van der Waals surface area (Å²) in [6.07, 6.45) is 4.35. The number of nitrogens with two attached hydrogens (primary N) is 1. The van der Waals surface area contributed by atoms with Crippen LogP contribution in [0.4, 0.5) is 0 Å². The summed E-state index contributed by atoms with van der Waals surface area (Å²) in [4.78, 5) is 13.3. The van der Waals surface area contributed by atoms with Crippen LogP contribution in [0, 0.1) is 11.3 Å². The van der Waals surface area contributed by atoms with E-state index in [1.807, 2.05) is 13.2 Å². The smallest absolute Gasteiger partial charge is 0.234 e. The first-order valence-electron chi connectivity index (χ1n) is 5.58. The molecule has 0 spiro atoms. The fraction of sp³-hybridized carbons (Fsp3) is 0.818. The molecule has 1 unspecified atom stereocenters. The Bertz CT molecular complexity index is 292. The lowest BCUT2D eigenvalue weighted by atomic mass is 9.95. The third-order valence-corrected chi connectivity index (χ3v) is 4.64. The van der Waals surface area contributed by atoms with Crippen LogP contribution in [0.5, 0.6) is 0 Å². The van der Waals surface area contributed by atoms with Gasteiger partial charge in [0.05, 0.1) is 12.1 Å². The van der Waals surface area contributed by atoms with Crippen molar-refractivity contribution in [2.24, 2.45) is 5.73 Å². The zero-order valence-electron chi connectivity index (χ0n) is 9.90. The number of amides is 1. The molecular formula is C11H19N3OS. The first-order chi connectivity index (χ1) is 7.58. The predicted molar refractivity (Wildman–Crippen MR) is 65.9 cm³/mol. The van der Waals surface area contributed by atoms with Crippen molar-refractivity contribution in [2.45, 2.75) is 37.0 Å². The summed E-state index contributed by atoms with van der Waals surface area (Å²) in [5.74, 6) is -0.254. The van der Waals surface area contributed by atoms with Gasteiger partial charge in [0.15, 0.2) is 0 Å². The number of carbonyl (C=O) groups is 1. The normalized spacial score (nSPS) is 22.3. The number of likely N-dealkylation sites (tertiary alicyclic amines) is 1. The van der Waals surface area contributed by atoms with E-state index in [2.05, 4.69) is 11.0 Å². The van der Waals surface area contributed by atoms with Gasteiger partial charge in [0.1, 0.15) is 4.75 Å². The molecular weight excluding hydrogens is 222 g/mol. The van der Waals surface area contributed by atoms with E-state index >= 15 is 0 Å². The van der Waals surface area contributed by atoms with E-state index in [0.29, 0.717) is 0 Å². The molecule has 1 rings (SSSR count). The quantitative estimate of drug-likeness (QED) is 0.796. The molecule has 90 valence electrons. The van der Waals surface area contributed by atoms with E-state index in [0.717, 1.165) is 32.4 Å². The van der Waals surface area contributed by atoms with Crippen LogP contribution >= 0.6 is 11.8 Å². The third-order valence-electron chi connectivity index (χ3n) is 3.36. The number of rotatable bonds is 4. The van der Waals surface area contributed by atoms with E-state index in [1.165, 1.54) is 0 Å². The highest BCUT2D eigenvalue weighted by molar-refractivity contribution is 8.00. The summed E-state index contributed by atoms with van der Waals surface area (Å²) in [5, 5.41) is 9.15. The molecule has 1 aliphatic heterocycles. The van der Waals surface area contributed by atoms with E-state index < -0.39 is 0 Å². The molecule has 0 aromatic heterocycles. The number of carbonyl (C=O) groups excluding carboxylic acids is 1. The Morgan fingerprint density at radius 3 is 2.50 bits per heavy atom. The van der Waals surface area contributed by atoms with Crippen molar-refractivity contribution in [2.75, 3.05) is 19.3 Å². The molecule has 0 aromatic rings. The maximum Gasteiger partial charge on any atom is 0.234 e. The Labute approximate surface area is 101 Å². The molecule has 16 heavy (non-hydrogen) atoms. The van der Waals surface area contributed by atoms with Crippen LogP contribution in [-0.2, 0) is 4.79 Å². The van der Waals surface area contributed by atoms with Gasteiger partial charge in [-0.05, 0) is 25.5 Å². The second-order valence-corrected chi connectivity index (χ2v) is 5.36. The van der Waals surface area contributed by atoms with Gasteiger partial charge in [-0.3, -0.25) is 9.69 Å². The van der Waals surface area contributed by atoms with Gasteiger partial charge in [-0.15, -0.1) is 11.8 Å². The molecule has 1 saturated heterocycles. The molecule has 1 fully saturated rings. The molecule has 0 aliphatic carbocycles. The first kappa shape index (κ1) is 13.3. The van der Waals surface area contributed by atoms with Crippen LogP contribution < -0.4 is 5.73 Å². The van der Waals surface area contributed by atoms with Crippen molar-refractivity contribution in [1.29, 1.82) is 5.26 Å². The van der Waals surface area contributed by atoms with Gasteiger partial charge in [0, 0.05) is 13.1 Å². The number of thioether (sulfide) groups is 1. The monoisotopic (exact) mass is 241 g/mol. The maximum absolute atomic E-state index is 11.2. The molecule has 5 heteroatoms. The highest BCUT2D eigenvalue weighted by Gasteiger charge is 2.36. The Balaban J connectivity index is 2.61. The van der Waals surface area contributed by atoms with Crippen LogP contribution in [-0.4, -0.2) is 40.9 Å². The van der Waals surface area contributed by atoms with Gasteiger partial charge in [-0.2, -0.15) is 5.26 Å². The highest BCUT2D eigenvalue weighted by Crippen LogP contribution is 2.34. The van der Waals surface area contributed by atoms with Crippen LogP contribution in [0.2, 0.25) is 0 Å². The fourth-order valence-electron chi connectivity index (χ4n) is 2.20. The zero-order chi connectivity index (χ0) is 12.2. The molecule has 0 bridgehead atoms. The second kappa shape index (κ2) is 5.55. The number of hydrogen-bond acceptors (Lipinski definition) is 4. The number of hydrogen-bond donors (Lipinski definition) is 1. The summed E-state index contributed by atoms with van der Waals surface area (Å²) in [6.45, 7) is 3.54. The van der Waals surface area contributed by atoms with Gasteiger partial charge in [0.2, 0.25) is 5.91 Å². The van der Waals surface area contributed by atoms with Crippen LogP contribution in [0.1, 0.15) is 26.2 Å². The zero-order valence-corrected chi connectivity index (χ0v) is 10.7. The van der Waals surface area contributed by atoms with Crippen molar-refractivity contribution < 1.29 is 4.79 Å². The minimum absolute atomic E-state index is 0.168. The standard InChI is InChI=1S/C11H19N3OS/c1-3-9(10(13)15)14-6-4-11(8-12,16-2)5-7-14/h9H,3-7H2,1-2H3,(H2,13,15). The van der Waals surface area contributed by atoms with Gasteiger partial charge < -0.3 is 5.73 Å². The second-order valence-electron chi connectivity index (χ2n) is 4.17. The molecule has 0 aromatic carbocycles. The predicted octanol–water partition coefficient (Wildman–Crippen LogP) is 0.971. The average molecular weight is 241 g/mol. The lowest BCUT2D eigenvalue weighted by molar-refractivity contribution is -0.123. The molecule has 2 N–H and O–H groups in total. The lowest BCUT2D eigenvalue weighted by Crippen LogP contribution is -2.50. The van der Waals surface area contributed by atoms with Crippen molar-refractivity contribution in [3.63, 3.8) is 0 Å². The van der Waals surface area contributed by atoms with E-state index in [4.69, 9.17) is 11.0 Å². The van der Waals surface area contributed by atoms with E-state index in [9.17, 15) is 4.79 Å². The van der Waals surface area contributed by atoms with Gasteiger partial charge >= 0.3 is 0 Å². The topological polar surface area (TPSA) is 70.1 Å². The van der Waals surface area contributed by atoms with Crippen molar-refractivity contribution in [3.05, 3.63) is 0 Å². The largest absolute Gasteiger partial charge is 0.368 e. The third kappa shape index (κ3) is 2.69. The van der Waals surface area contributed by atoms with Crippen LogP contribution in [0.3, 0.4) is 0 Å². The van der Waals surface area contributed by atoms with Crippen molar-refractivity contribution in [3.8, 4) is 6.07 Å². The summed E-state index contributed by atoms with van der Waals surface area (Å²) >= 11 is 1.62. The number of nitriles is 1. The minimum Gasteiger partial charge on any atom is -0.368 e. The Morgan fingerprint density at radius 1 is 1.62 bits per heavy atom. The lowest BCUT2D eigenvalue weighted by Gasteiger charge is -2.39. The summed E-state index contributed by atoms with van der Waals surface area (Å²) in [6, 6.07) is 2.23. The van der Waals surface area contributed by atoms with Gasteiger partial charge in [-0.1, -0.05) is 6.92 Å². The Morgan fingerprint density at radius 2 is 2.19 bits per heavy atom. The summed E-state index contributed by atoms with van der Waals surface area (Å²) in [7, 11) is 0. The first-order valence-corrected chi connectivity index (χ1v) is 6.81. The van der Waals surface area contributed by atoms with E-state index in [-0.39, 0.29) is 16.7 Å². The number of primary amides is 1. The highest BCUT2D eigenvalue weighted by atomic mass is 32.2. The maximum atomic E-state index is 11.2.